The highest BCUT2D eigenvalue weighted by Crippen LogP contribution is 2.29. The Kier molecular flexibility index (Phi) is 5.62. The molecule has 2 aromatic rings. The molecule has 1 saturated carbocycles. The molecule has 3 rings (SSSR count). The smallest absolute Gasteiger partial charge is 0.255 e. The van der Waals surface area contributed by atoms with Gasteiger partial charge in [0.05, 0.1) is 28.7 Å². The number of carbonyl (C=O) groups excluding carboxylic acids is 1. The molecule has 7 heteroatoms. The molecule has 0 unspecified atom stereocenters. The normalized spacial score (nSPS) is 15.8. The van der Waals surface area contributed by atoms with Crippen LogP contribution in [0.5, 0.6) is 0 Å². The Labute approximate surface area is 146 Å². The number of carbonyl (C=O) groups is 1. The minimum Gasteiger partial charge on any atom is -0.345 e. The van der Waals surface area contributed by atoms with Gasteiger partial charge in [-0.2, -0.15) is 5.10 Å². The molecule has 0 bridgehead atoms. The maximum absolute atomic E-state index is 13.0. The SMILES string of the molecule is Cc1c(C(=O)NC2(CN)CCCC2)cnn1-c1ccc(F)cc1.Cl. The maximum atomic E-state index is 13.0. The zero-order valence-corrected chi connectivity index (χ0v) is 14.4. The van der Waals surface area contributed by atoms with Crippen LogP contribution in [0.4, 0.5) is 4.39 Å². The molecule has 24 heavy (non-hydrogen) atoms. The summed E-state index contributed by atoms with van der Waals surface area (Å²) in [6.45, 7) is 2.28. The number of benzene rings is 1. The number of nitrogens with one attached hydrogen (secondary N) is 1. The zero-order chi connectivity index (χ0) is 16.4. The molecule has 0 radical (unpaired) electrons. The van der Waals surface area contributed by atoms with Gasteiger partial charge in [0.15, 0.2) is 0 Å². The van der Waals surface area contributed by atoms with Crippen molar-refractivity contribution >= 4 is 18.3 Å². The van der Waals surface area contributed by atoms with Gasteiger partial charge in [-0.05, 0) is 44.0 Å². The number of aromatic nitrogens is 2. The van der Waals surface area contributed by atoms with Gasteiger partial charge in [-0.3, -0.25) is 4.79 Å². The molecule has 1 amide bonds. The Morgan fingerprint density at radius 2 is 1.96 bits per heavy atom. The van der Waals surface area contributed by atoms with E-state index in [1.165, 1.54) is 12.1 Å². The van der Waals surface area contributed by atoms with Crippen LogP contribution in [0.3, 0.4) is 0 Å². The predicted molar refractivity (Wildman–Crippen MR) is 93.2 cm³/mol. The third-order valence-corrected chi connectivity index (χ3v) is 4.66. The van der Waals surface area contributed by atoms with Crippen molar-refractivity contribution in [2.45, 2.75) is 38.1 Å². The highest BCUT2D eigenvalue weighted by atomic mass is 35.5. The van der Waals surface area contributed by atoms with Gasteiger partial charge in [0, 0.05) is 6.54 Å². The van der Waals surface area contributed by atoms with Crippen molar-refractivity contribution < 1.29 is 9.18 Å². The lowest BCUT2D eigenvalue weighted by atomic mass is 9.97. The van der Waals surface area contributed by atoms with Gasteiger partial charge in [-0.1, -0.05) is 12.8 Å². The predicted octanol–water partition coefficient (Wildman–Crippen LogP) is 2.74. The molecule has 1 heterocycles. The van der Waals surface area contributed by atoms with Crippen LogP contribution in [0.25, 0.3) is 5.69 Å². The van der Waals surface area contributed by atoms with Gasteiger partial charge >= 0.3 is 0 Å². The summed E-state index contributed by atoms with van der Waals surface area (Å²) in [5.41, 5.74) is 7.55. The summed E-state index contributed by atoms with van der Waals surface area (Å²) in [5, 5.41) is 7.36. The Morgan fingerprint density at radius 1 is 1.33 bits per heavy atom. The van der Waals surface area contributed by atoms with E-state index in [4.69, 9.17) is 5.73 Å². The summed E-state index contributed by atoms with van der Waals surface area (Å²) in [7, 11) is 0. The fourth-order valence-corrected chi connectivity index (χ4v) is 3.22. The second-order valence-corrected chi connectivity index (χ2v) is 6.18. The monoisotopic (exact) mass is 352 g/mol. The van der Waals surface area contributed by atoms with Crippen molar-refractivity contribution in [1.29, 1.82) is 0 Å². The first-order valence-corrected chi connectivity index (χ1v) is 7.88. The van der Waals surface area contributed by atoms with Crippen molar-refractivity contribution in [3.05, 3.63) is 47.5 Å². The number of hydrogen-bond donors (Lipinski definition) is 2. The molecule has 1 aliphatic rings. The molecule has 3 N–H and O–H groups in total. The molecule has 130 valence electrons. The van der Waals surface area contributed by atoms with Crippen molar-refractivity contribution in [3.63, 3.8) is 0 Å². The van der Waals surface area contributed by atoms with E-state index in [1.54, 1.807) is 23.0 Å². The molecule has 0 aliphatic heterocycles. The average Bonchev–Trinajstić information content (AvgIpc) is 3.16. The van der Waals surface area contributed by atoms with Crippen molar-refractivity contribution in [3.8, 4) is 5.69 Å². The van der Waals surface area contributed by atoms with Crippen LogP contribution >= 0.6 is 12.4 Å². The van der Waals surface area contributed by atoms with Crippen molar-refractivity contribution in [2.24, 2.45) is 5.73 Å². The summed E-state index contributed by atoms with van der Waals surface area (Å²) in [5.74, 6) is -0.453. The summed E-state index contributed by atoms with van der Waals surface area (Å²) in [6.07, 6.45) is 5.56. The van der Waals surface area contributed by atoms with Crippen LogP contribution in [-0.2, 0) is 0 Å². The topological polar surface area (TPSA) is 72.9 Å². The first kappa shape index (κ1) is 18.4. The highest BCUT2D eigenvalue weighted by molar-refractivity contribution is 5.95. The lowest BCUT2D eigenvalue weighted by molar-refractivity contribution is 0.0902. The van der Waals surface area contributed by atoms with Gasteiger partial charge in [0.1, 0.15) is 5.82 Å². The van der Waals surface area contributed by atoms with Crippen LogP contribution in [-0.4, -0.2) is 27.8 Å². The minimum absolute atomic E-state index is 0. The summed E-state index contributed by atoms with van der Waals surface area (Å²) >= 11 is 0. The van der Waals surface area contributed by atoms with Crippen LogP contribution in [0.15, 0.2) is 30.5 Å². The van der Waals surface area contributed by atoms with Gasteiger partial charge in [-0.25, -0.2) is 9.07 Å². The second kappa shape index (κ2) is 7.32. The van der Waals surface area contributed by atoms with E-state index < -0.39 is 0 Å². The lowest BCUT2D eigenvalue weighted by Crippen LogP contribution is -2.51. The standard InChI is InChI=1S/C17H21FN4O.ClH/c1-12-15(16(23)21-17(11-19)8-2-3-9-17)10-20-22(12)14-6-4-13(18)5-7-14;/h4-7,10H,2-3,8-9,11,19H2,1H3,(H,21,23);1H. The number of halogens is 2. The summed E-state index contributed by atoms with van der Waals surface area (Å²) < 4.78 is 14.7. The Hall–Kier alpha value is -1.92. The molecule has 0 atom stereocenters. The Balaban J connectivity index is 0.00000208. The molecule has 1 fully saturated rings. The Morgan fingerprint density at radius 3 is 2.54 bits per heavy atom. The van der Waals surface area contributed by atoms with E-state index in [1.807, 2.05) is 6.92 Å². The lowest BCUT2D eigenvalue weighted by Gasteiger charge is -2.28. The third kappa shape index (κ3) is 3.44. The van der Waals surface area contributed by atoms with Crippen LogP contribution < -0.4 is 11.1 Å². The molecule has 0 saturated heterocycles. The van der Waals surface area contributed by atoms with Crippen molar-refractivity contribution in [2.75, 3.05) is 6.54 Å². The maximum Gasteiger partial charge on any atom is 0.255 e. The first-order chi connectivity index (χ1) is 11.0. The van der Waals surface area contributed by atoms with E-state index >= 15 is 0 Å². The van der Waals surface area contributed by atoms with Gasteiger partial charge in [0.2, 0.25) is 0 Å². The van der Waals surface area contributed by atoms with E-state index in [0.717, 1.165) is 37.1 Å². The number of rotatable bonds is 4. The molecule has 5 nitrogen and oxygen atoms in total. The highest BCUT2D eigenvalue weighted by Gasteiger charge is 2.34. The molecular weight excluding hydrogens is 331 g/mol. The van der Waals surface area contributed by atoms with E-state index in [0.29, 0.717) is 12.1 Å². The molecule has 0 spiro atoms. The quantitative estimate of drug-likeness (QED) is 0.888. The van der Waals surface area contributed by atoms with E-state index in [-0.39, 0.29) is 29.7 Å². The summed E-state index contributed by atoms with van der Waals surface area (Å²) in [6, 6.07) is 6.01. The van der Waals surface area contributed by atoms with Gasteiger partial charge in [-0.15, -0.1) is 12.4 Å². The van der Waals surface area contributed by atoms with Crippen molar-refractivity contribution in [1.82, 2.24) is 15.1 Å². The van der Waals surface area contributed by atoms with Crippen LogP contribution in [0, 0.1) is 12.7 Å². The third-order valence-electron chi connectivity index (χ3n) is 4.66. The minimum atomic E-state index is -0.303. The molecule has 1 aliphatic carbocycles. The average molecular weight is 353 g/mol. The first-order valence-electron chi connectivity index (χ1n) is 7.88. The van der Waals surface area contributed by atoms with Crippen LogP contribution in [0.2, 0.25) is 0 Å². The fraction of sp³-hybridized carbons (Fsp3) is 0.412. The van der Waals surface area contributed by atoms with Gasteiger partial charge in [0.25, 0.3) is 5.91 Å². The number of amides is 1. The molecular formula is C17H22ClFN4O. The van der Waals surface area contributed by atoms with Crippen LogP contribution in [0.1, 0.15) is 41.7 Å². The largest absolute Gasteiger partial charge is 0.345 e. The fourth-order valence-electron chi connectivity index (χ4n) is 3.22. The molecule has 1 aromatic heterocycles. The number of nitrogens with zero attached hydrogens (tertiary/aromatic N) is 2. The van der Waals surface area contributed by atoms with E-state index in [9.17, 15) is 9.18 Å². The second-order valence-electron chi connectivity index (χ2n) is 6.18. The zero-order valence-electron chi connectivity index (χ0n) is 13.6. The summed E-state index contributed by atoms with van der Waals surface area (Å²) in [4.78, 5) is 12.6. The number of hydrogen-bond acceptors (Lipinski definition) is 3. The number of nitrogens with two attached hydrogens (primary N) is 1. The Bertz CT molecular complexity index is 708. The van der Waals surface area contributed by atoms with E-state index in [2.05, 4.69) is 10.4 Å². The molecule has 1 aromatic carbocycles. The van der Waals surface area contributed by atoms with Gasteiger partial charge < -0.3 is 11.1 Å².